The van der Waals surface area contributed by atoms with Crippen LogP contribution in [0.25, 0.3) is 0 Å². The maximum atomic E-state index is 13.6. The number of hydrogen-bond acceptors (Lipinski definition) is 5. The van der Waals surface area contributed by atoms with Crippen molar-refractivity contribution in [3.05, 3.63) is 83.0 Å². The first-order valence-electron chi connectivity index (χ1n) is 13.7. The summed E-state index contributed by atoms with van der Waals surface area (Å²) in [4.78, 5) is 45.7. The van der Waals surface area contributed by atoms with Crippen molar-refractivity contribution in [2.24, 2.45) is 0 Å². The minimum Gasteiger partial charge on any atom is -0.381 e. The zero-order valence-corrected chi connectivity index (χ0v) is 22.3. The van der Waals surface area contributed by atoms with Crippen molar-refractivity contribution in [3.8, 4) is 0 Å². The van der Waals surface area contributed by atoms with E-state index in [0.717, 1.165) is 27.9 Å². The van der Waals surface area contributed by atoms with Gasteiger partial charge in [-0.25, -0.2) is 4.98 Å². The Morgan fingerprint density at radius 1 is 0.974 bits per heavy atom. The van der Waals surface area contributed by atoms with Crippen molar-refractivity contribution in [3.63, 3.8) is 0 Å². The molecule has 2 aromatic carbocycles. The molecule has 3 aliphatic heterocycles. The number of aromatic nitrogens is 1. The molecule has 3 aromatic rings. The second-order valence-electron chi connectivity index (χ2n) is 10.4. The zero-order valence-electron chi connectivity index (χ0n) is 22.3. The van der Waals surface area contributed by atoms with Gasteiger partial charge < -0.3 is 20.3 Å². The van der Waals surface area contributed by atoms with Gasteiger partial charge in [0.1, 0.15) is 12.4 Å². The molecule has 4 aliphatic rings. The SMILES string of the molecule is CC.O=C(CN1C(=O)C2(CCOCC2)c2ccccc21)Nc1ccc2c(c1)CC1(C2)C(=O)Nc2ncccc21. The third kappa shape index (κ3) is 3.85. The van der Waals surface area contributed by atoms with E-state index in [1.165, 1.54) is 0 Å². The predicted molar refractivity (Wildman–Crippen MR) is 149 cm³/mol. The van der Waals surface area contributed by atoms with E-state index in [1.54, 1.807) is 11.1 Å². The Morgan fingerprint density at radius 3 is 2.54 bits per heavy atom. The first-order valence-corrected chi connectivity index (χ1v) is 13.7. The van der Waals surface area contributed by atoms with Crippen LogP contribution in [0.15, 0.2) is 60.8 Å². The van der Waals surface area contributed by atoms with Gasteiger partial charge in [-0.3, -0.25) is 14.4 Å². The quantitative estimate of drug-likeness (QED) is 0.537. The molecule has 0 saturated carbocycles. The molecule has 8 nitrogen and oxygen atoms in total. The second-order valence-corrected chi connectivity index (χ2v) is 10.4. The van der Waals surface area contributed by atoms with Gasteiger partial charge in [-0.05, 0) is 66.6 Å². The van der Waals surface area contributed by atoms with E-state index in [1.807, 2.05) is 68.4 Å². The molecule has 1 atom stereocenters. The minimum atomic E-state index is -0.654. The summed E-state index contributed by atoms with van der Waals surface area (Å²) in [6.07, 6.45) is 4.09. The van der Waals surface area contributed by atoms with Crippen LogP contribution in [0.1, 0.15) is 48.9 Å². The molecule has 1 aromatic heterocycles. The Morgan fingerprint density at radius 2 is 1.72 bits per heavy atom. The number of anilines is 3. The summed E-state index contributed by atoms with van der Waals surface area (Å²) in [6, 6.07) is 17.4. The number of benzene rings is 2. The lowest BCUT2D eigenvalue weighted by Gasteiger charge is -2.32. The lowest BCUT2D eigenvalue weighted by atomic mass is 9.75. The smallest absolute Gasteiger partial charge is 0.244 e. The number of hydrogen-bond donors (Lipinski definition) is 2. The molecule has 39 heavy (non-hydrogen) atoms. The molecule has 1 fully saturated rings. The fourth-order valence-corrected chi connectivity index (χ4v) is 6.65. The topological polar surface area (TPSA) is 101 Å². The van der Waals surface area contributed by atoms with Gasteiger partial charge in [0.2, 0.25) is 17.7 Å². The predicted octanol–water partition coefficient (Wildman–Crippen LogP) is 4.13. The van der Waals surface area contributed by atoms with Crippen LogP contribution in [0.3, 0.4) is 0 Å². The van der Waals surface area contributed by atoms with Gasteiger partial charge in [0.05, 0.1) is 10.8 Å². The summed E-state index contributed by atoms with van der Waals surface area (Å²) in [6.45, 7) is 5.02. The number of nitrogens with zero attached hydrogens (tertiary/aromatic N) is 2. The number of para-hydroxylation sites is 1. The van der Waals surface area contributed by atoms with Gasteiger partial charge in [0, 0.05) is 36.3 Å². The van der Waals surface area contributed by atoms with Crippen molar-refractivity contribution in [2.45, 2.75) is 50.4 Å². The lowest BCUT2D eigenvalue weighted by Crippen LogP contribution is -2.46. The molecule has 4 heterocycles. The van der Waals surface area contributed by atoms with Gasteiger partial charge in [0.25, 0.3) is 0 Å². The van der Waals surface area contributed by atoms with E-state index in [4.69, 9.17) is 4.74 Å². The van der Waals surface area contributed by atoms with Crippen molar-refractivity contribution in [1.29, 1.82) is 0 Å². The van der Waals surface area contributed by atoms with Crippen LogP contribution in [0.4, 0.5) is 17.2 Å². The maximum absolute atomic E-state index is 13.6. The fraction of sp³-hybridized carbons (Fsp3) is 0.355. The largest absolute Gasteiger partial charge is 0.381 e. The number of nitrogens with one attached hydrogen (secondary N) is 2. The summed E-state index contributed by atoms with van der Waals surface area (Å²) < 4.78 is 5.53. The van der Waals surface area contributed by atoms with Gasteiger partial charge in [-0.15, -0.1) is 0 Å². The molecular formula is C31H32N4O4. The Bertz CT molecular complexity index is 1480. The molecule has 200 valence electrons. The number of rotatable bonds is 3. The molecule has 0 radical (unpaired) electrons. The minimum absolute atomic E-state index is 0.0254. The molecule has 3 amide bonds. The van der Waals surface area contributed by atoms with Crippen LogP contribution in [-0.4, -0.2) is 42.5 Å². The number of fused-ring (bicyclic) bond motifs is 5. The average Bonchev–Trinajstić information content (AvgIpc) is 3.56. The van der Waals surface area contributed by atoms with Crippen LogP contribution in [0.2, 0.25) is 0 Å². The number of pyridine rings is 1. The molecule has 2 N–H and O–H groups in total. The van der Waals surface area contributed by atoms with Gasteiger partial charge in [0.15, 0.2) is 0 Å². The highest BCUT2D eigenvalue weighted by molar-refractivity contribution is 6.12. The average molecular weight is 525 g/mol. The highest BCUT2D eigenvalue weighted by Gasteiger charge is 2.52. The standard InChI is InChI=1S/C29H26N4O4.C2H6/c34-24(17-33-23-6-2-1-4-21(23)28(27(33)36)9-12-37-13-10-28)31-20-8-7-18-15-29(16-19(18)14-20)22-5-3-11-30-25(22)32-26(29)35;1-2/h1-8,11,14H,9-10,12-13,15-17H2,(H,31,34)(H,30,32,35);1-2H3. The number of carbonyl (C=O) groups is 3. The Labute approximate surface area is 227 Å². The molecule has 8 heteroatoms. The first-order chi connectivity index (χ1) is 19.0. The van der Waals surface area contributed by atoms with E-state index in [2.05, 4.69) is 15.6 Å². The van der Waals surface area contributed by atoms with Crippen LogP contribution in [0.5, 0.6) is 0 Å². The van der Waals surface area contributed by atoms with E-state index >= 15 is 0 Å². The van der Waals surface area contributed by atoms with Crippen LogP contribution < -0.4 is 15.5 Å². The molecule has 7 rings (SSSR count). The Hall–Kier alpha value is -4.04. The van der Waals surface area contributed by atoms with Crippen LogP contribution >= 0.6 is 0 Å². The van der Waals surface area contributed by atoms with E-state index in [9.17, 15) is 14.4 Å². The van der Waals surface area contributed by atoms with Crippen LogP contribution in [0, 0.1) is 0 Å². The molecule has 1 aliphatic carbocycles. The molecule has 1 unspecified atom stereocenters. The highest BCUT2D eigenvalue weighted by Crippen LogP contribution is 2.48. The number of amides is 3. The van der Waals surface area contributed by atoms with Crippen LogP contribution in [-0.2, 0) is 42.8 Å². The van der Waals surface area contributed by atoms with Crippen molar-refractivity contribution in [2.75, 3.05) is 35.3 Å². The number of carbonyl (C=O) groups excluding carboxylic acids is 3. The lowest BCUT2D eigenvalue weighted by molar-refractivity contribution is -0.128. The summed E-state index contributed by atoms with van der Waals surface area (Å²) >= 11 is 0. The Balaban J connectivity index is 0.00000135. The highest BCUT2D eigenvalue weighted by atomic mass is 16.5. The summed E-state index contributed by atoms with van der Waals surface area (Å²) in [5, 5.41) is 5.90. The Kier molecular flexibility index (Phi) is 6.22. The molecule has 0 bridgehead atoms. The molecule has 1 saturated heterocycles. The van der Waals surface area contributed by atoms with E-state index in [-0.39, 0.29) is 24.3 Å². The first kappa shape index (κ1) is 25.2. The van der Waals surface area contributed by atoms with Gasteiger partial charge >= 0.3 is 0 Å². The zero-order chi connectivity index (χ0) is 27.2. The van der Waals surface area contributed by atoms with Crippen molar-refractivity contribution < 1.29 is 19.1 Å². The van der Waals surface area contributed by atoms with E-state index < -0.39 is 10.8 Å². The summed E-state index contributed by atoms with van der Waals surface area (Å²) in [7, 11) is 0. The monoisotopic (exact) mass is 524 g/mol. The fourth-order valence-electron chi connectivity index (χ4n) is 6.65. The maximum Gasteiger partial charge on any atom is 0.244 e. The summed E-state index contributed by atoms with van der Waals surface area (Å²) in [5.74, 6) is 0.318. The third-order valence-corrected chi connectivity index (χ3v) is 8.48. The number of ether oxygens (including phenoxy) is 1. The summed E-state index contributed by atoms with van der Waals surface area (Å²) in [5.41, 5.74) is 4.25. The van der Waals surface area contributed by atoms with Gasteiger partial charge in [-0.1, -0.05) is 44.2 Å². The molecule has 2 spiro atoms. The van der Waals surface area contributed by atoms with Crippen molar-refractivity contribution >= 4 is 34.9 Å². The van der Waals surface area contributed by atoms with Crippen molar-refractivity contribution in [1.82, 2.24) is 4.98 Å². The van der Waals surface area contributed by atoms with Gasteiger partial charge in [-0.2, -0.15) is 0 Å². The molecular weight excluding hydrogens is 492 g/mol. The second kappa shape index (κ2) is 9.61. The van der Waals surface area contributed by atoms with E-state index in [0.29, 0.717) is 50.4 Å². The third-order valence-electron chi connectivity index (χ3n) is 8.48. The normalized spacial score (nSPS) is 21.6.